The lowest BCUT2D eigenvalue weighted by Gasteiger charge is -2.50. The van der Waals surface area contributed by atoms with E-state index in [2.05, 4.69) is 24.1 Å². The first-order valence-corrected chi connectivity index (χ1v) is 14.3. The molecule has 4 rings (SSSR count). The molecule has 2 atom stereocenters. The minimum absolute atomic E-state index is 0.0754. The first-order valence-electron chi connectivity index (χ1n) is 12.9. The predicted octanol–water partition coefficient (Wildman–Crippen LogP) is 4.21. The van der Waals surface area contributed by atoms with E-state index in [1.165, 1.54) is 0 Å². The van der Waals surface area contributed by atoms with E-state index in [0.29, 0.717) is 30.5 Å². The van der Waals surface area contributed by atoms with E-state index in [0.717, 1.165) is 42.6 Å². The number of nitrogens with one attached hydrogen (secondary N) is 1. The van der Waals surface area contributed by atoms with Crippen molar-refractivity contribution in [2.24, 2.45) is 5.92 Å². The smallest absolute Gasteiger partial charge is 0.243 e. The first kappa shape index (κ1) is 26.8. The Morgan fingerprint density at radius 1 is 1.06 bits per heavy atom. The molecule has 2 aromatic carbocycles. The monoisotopic (exact) mass is 513 g/mol. The average Bonchev–Trinajstić information content (AvgIpc) is 2.82. The average molecular weight is 514 g/mol. The van der Waals surface area contributed by atoms with E-state index in [1.54, 1.807) is 16.4 Å². The second kappa shape index (κ2) is 11.0. The highest BCUT2D eigenvalue weighted by Gasteiger charge is 2.47. The Kier molecular flexibility index (Phi) is 8.19. The number of ether oxygens (including phenoxy) is 1. The lowest BCUT2D eigenvalue weighted by Crippen LogP contribution is -2.64. The van der Waals surface area contributed by atoms with Crippen molar-refractivity contribution >= 4 is 21.6 Å². The second-order valence-corrected chi connectivity index (χ2v) is 12.8. The Labute approximate surface area is 215 Å². The first-order chi connectivity index (χ1) is 17.1. The summed E-state index contributed by atoms with van der Waals surface area (Å²) in [5.74, 6) is 0.269. The van der Waals surface area contributed by atoms with E-state index < -0.39 is 15.6 Å². The highest BCUT2D eigenvalue weighted by Crippen LogP contribution is 2.35. The molecular formula is C28H39N3O4S. The maximum atomic E-state index is 13.8. The third-order valence-electron chi connectivity index (χ3n) is 7.13. The third kappa shape index (κ3) is 6.35. The molecule has 2 fully saturated rings. The number of aryl methyl sites for hydroxylation is 2. The number of carbonyl (C=O) groups is 1. The number of hydrogen-bond acceptors (Lipinski definition) is 5. The van der Waals surface area contributed by atoms with Crippen molar-refractivity contribution < 1.29 is 17.9 Å². The fraction of sp³-hybridized carbons (Fsp3) is 0.536. The van der Waals surface area contributed by atoms with Crippen LogP contribution in [-0.2, 0) is 19.6 Å². The molecule has 0 saturated carbocycles. The van der Waals surface area contributed by atoms with Crippen molar-refractivity contribution in [2.45, 2.75) is 63.5 Å². The number of morpholine rings is 1. The van der Waals surface area contributed by atoms with Gasteiger partial charge < -0.3 is 10.1 Å². The Morgan fingerprint density at radius 2 is 1.69 bits per heavy atom. The van der Waals surface area contributed by atoms with Gasteiger partial charge in [-0.05, 0) is 69.8 Å². The molecule has 0 aliphatic carbocycles. The number of nitrogens with zero attached hydrogens (tertiary/aromatic N) is 2. The number of amides is 1. The maximum absolute atomic E-state index is 13.8. The Morgan fingerprint density at radius 3 is 2.33 bits per heavy atom. The summed E-state index contributed by atoms with van der Waals surface area (Å²) in [6.45, 7) is 10.4. The van der Waals surface area contributed by atoms with Crippen molar-refractivity contribution in [3.63, 3.8) is 0 Å². The van der Waals surface area contributed by atoms with Crippen LogP contribution < -0.4 is 5.32 Å². The molecule has 1 spiro atoms. The zero-order valence-electron chi connectivity index (χ0n) is 21.9. The van der Waals surface area contributed by atoms with Gasteiger partial charge in [0.25, 0.3) is 0 Å². The van der Waals surface area contributed by atoms with Crippen LogP contribution in [0.2, 0.25) is 0 Å². The molecule has 7 nitrogen and oxygen atoms in total. The van der Waals surface area contributed by atoms with Gasteiger partial charge in [-0.1, -0.05) is 49.2 Å². The van der Waals surface area contributed by atoms with E-state index in [-0.39, 0.29) is 18.5 Å². The van der Waals surface area contributed by atoms with Gasteiger partial charge in [-0.3, -0.25) is 9.69 Å². The Hall–Kier alpha value is -2.26. The Balaban J connectivity index is 1.49. The summed E-state index contributed by atoms with van der Waals surface area (Å²) < 4.78 is 35.7. The molecule has 8 heteroatoms. The summed E-state index contributed by atoms with van der Waals surface area (Å²) in [6.07, 6.45) is 2.37. The maximum Gasteiger partial charge on any atom is 0.243 e. The fourth-order valence-electron chi connectivity index (χ4n) is 5.28. The molecule has 1 N–H and O–H groups in total. The number of sulfonamides is 1. The topological polar surface area (TPSA) is 79.0 Å². The summed E-state index contributed by atoms with van der Waals surface area (Å²) in [7, 11) is -3.68. The van der Waals surface area contributed by atoms with Crippen LogP contribution in [0.3, 0.4) is 0 Å². The van der Waals surface area contributed by atoms with Crippen molar-refractivity contribution in [3.8, 4) is 0 Å². The summed E-state index contributed by atoms with van der Waals surface area (Å²) in [4.78, 5) is 15.2. The summed E-state index contributed by atoms with van der Waals surface area (Å²) in [6, 6.07) is 14.6. The SMILES string of the molecule is Cc1ccc(NC(=O)CN2CCC[C@@]3(C2)CN(S(=O)(=O)c2ccc(C)cc2)[C@@H](CC(C)C)CO3)cc1. The van der Waals surface area contributed by atoms with Gasteiger partial charge in [0.1, 0.15) is 0 Å². The van der Waals surface area contributed by atoms with Gasteiger partial charge in [0.05, 0.1) is 23.6 Å². The lowest BCUT2D eigenvalue weighted by molar-refractivity contribution is -0.146. The number of benzene rings is 2. The van der Waals surface area contributed by atoms with Crippen LogP contribution in [0.25, 0.3) is 0 Å². The Bertz CT molecular complexity index is 1150. The van der Waals surface area contributed by atoms with Gasteiger partial charge in [-0.2, -0.15) is 4.31 Å². The van der Waals surface area contributed by atoms with Crippen molar-refractivity contribution in [3.05, 3.63) is 59.7 Å². The molecule has 2 aliphatic heterocycles. The number of rotatable bonds is 7. The molecule has 2 saturated heterocycles. The summed E-state index contributed by atoms with van der Waals surface area (Å²) in [5, 5.41) is 2.97. The number of anilines is 1. The number of likely N-dealkylation sites (tertiary alicyclic amines) is 1. The van der Waals surface area contributed by atoms with E-state index in [4.69, 9.17) is 4.74 Å². The second-order valence-electron chi connectivity index (χ2n) is 10.9. The van der Waals surface area contributed by atoms with Gasteiger partial charge in [-0.25, -0.2) is 8.42 Å². The molecule has 1 amide bonds. The highest BCUT2D eigenvalue weighted by molar-refractivity contribution is 7.89. The number of hydrogen-bond donors (Lipinski definition) is 1. The molecule has 0 radical (unpaired) electrons. The molecule has 2 aromatic rings. The van der Waals surface area contributed by atoms with E-state index in [1.807, 2.05) is 50.2 Å². The summed E-state index contributed by atoms with van der Waals surface area (Å²) in [5.41, 5.74) is 2.32. The summed E-state index contributed by atoms with van der Waals surface area (Å²) >= 11 is 0. The quantitative estimate of drug-likeness (QED) is 0.600. The zero-order chi connectivity index (χ0) is 25.9. The molecular weight excluding hydrogens is 474 g/mol. The molecule has 2 heterocycles. The minimum atomic E-state index is -3.68. The van der Waals surface area contributed by atoms with E-state index in [9.17, 15) is 13.2 Å². The van der Waals surface area contributed by atoms with Crippen LogP contribution in [0.5, 0.6) is 0 Å². The minimum Gasteiger partial charge on any atom is -0.371 e. The van der Waals surface area contributed by atoms with Gasteiger partial charge in [0, 0.05) is 24.8 Å². The van der Waals surface area contributed by atoms with Crippen LogP contribution in [0.15, 0.2) is 53.4 Å². The molecule has 36 heavy (non-hydrogen) atoms. The van der Waals surface area contributed by atoms with Crippen molar-refractivity contribution in [2.75, 3.05) is 38.1 Å². The van der Waals surface area contributed by atoms with Gasteiger partial charge in [0.15, 0.2) is 0 Å². The van der Waals surface area contributed by atoms with Crippen LogP contribution in [0.4, 0.5) is 5.69 Å². The van der Waals surface area contributed by atoms with Crippen molar-refractivity contribution in [1.82, 2.24) is 9.21 Å². The fourth-order valence-corrected chi connectivity index (χ4v) is 6.98. The van der Waals surface area contributed by atoms with Gasteiger partial charge in [0.2, 0.25) is 15.9 Å². The lowest BCUT2D eigenvalue weighted by atomic mass is 9.89. The van der Waals surface area contributed by atoms with Crippen molar-refractivity contribution in [1.29, 1.82) is 0 Å². The number of piperidine rings is 1. The van der Waals surface area contributed by atoms with E-state index >= 15 is 0 Å². The van der Waals surface area contributed by atoms with Crippen LogP contribution >= 0.6 is 0 Å². The standard InChI is InChI=1S/C28H39N3O4S/c1-21(2)16-25-18-35-28(20-31(25)36(33,34)26-12-8-23(4)9-13-26)14-5-15-30(19-28)17-27(32)29-24-10-6-22(3)7-11-24/h6-13,21,25H,5,14-20H2,1-4H3,(H,29,32)/t25-,28+/m0/s1. The largest absolute Gasteiger partial charge is 0.371 e. The van der Waals surface area contributed by atoms with Crippen LogP contribution in [-0.4, -0.2) is 68.0 Å². The molecule has 0 unspecified atom stereocenters. The molecule has 0 aromatic heterocycles. The van der Waals surface area contributed by atoms with Gasteiger partial charge in [-0.15, -0.1) is 0 Å². The predicted molar refractivity (Wildman–Crippen MR) is 142 cm³/mol. The molecule has 2 aliphatic rings. The zero-order valence-corrected chi connectivity index (χ0v) is 22.7. The highest BCUT2D eigenvalue weighted by atomic mass is 32.2. The molecule has 0 bridgehead atoms. The normalized spacial score (nSPS) is 23.8. The number of carbonyl (C=O) groups excluding carboxylic acids is 1. The van der Waals surface area contributed by atoms with Gasteiger partial charge >= 0.3 is 0 Å². The third-order valence-corrected chi connectivity index (χ3v) is 9.04. The van der Waals surface area contributed by atoms with Crippen LogP contribution in [0, 0.1) is 19.8 Å². The molecule has 196 valence electrons. The van der Waals surface area contributed by atoms with Crippen LogP contribution in [0.1, 0.15) is 44.2 Å².